The second-order valence-electron chi connectivity index (χ2n) is 9.06. The van der Waals surface area contributed by atoms with Crippen LogP contribution < -0.4 is 9.47 Å². The van der Waals surface area contributed by atoms with Crippen molar-refractivity contribution in [3.05, 3.63) is 79.5 Å². The van der Waals surface area contributed by atoms with Crippen LogP contribution in [-0.4, -0.2) is 55.0 Å². The first-order valence-electron chi connectivity index (χ1n) is 12.1. The molecule has 196 valence electrons. The van der Waals surface area contributed by atoms with E-state index in [1.165, 1.54) is 4.88 Å². The fourth-order valence-electron chi connectivity index (χ4n) is 4.14. The normalized spacial score (nSPS) is 12.8. The largest absolute Gasteiger partial charge is 0.493 e. The number of thiophene rings is 1. The van der Waals surface area contributed by atoms with Crippen molar-refractivity contribution in [2.45, 2.75) is 38.8 Å². The number of amides is 2. The Bertz CT molecular complexity index is 1270. The highest BCUT2D eigenvalue weighted by atomic mass is 35.5. The quantitative estimate of drug-likeness (QED) is 0.278. The van der Waals surface area contributed by atoms with E-state index in [1.807, 2.05) is 23.1 Å². The number of ether oxygens (including phenoxy) is 2. The lowest BCUT2D eigenvalue weighted by Gasteiger charge is -2.28. The Balaban J connectivity index is 1.51. The number of hydrogen-bond acceptors (Lipinski definition) is 5. The van der Waals surface area contributed by atoms with Gasteiger partial charge in [0.15, 0.2) is 11.5 Å². The topological polar surface area (TPSA) is 59.1 Å². The molecule has 0 bridgehead atoms. The number of carbonyl (C=O) groups is 2. The molecule has 0 unspecified atom stereocenters. The van der Waals surface area contributed by atoms with E-state index in [0.717, 1.165) is 23.3 Å². The van der Waals surface area contributed by atoms with Crippen LogP contribution in [0.3, 0.4) is 0 Å². The van der Waals surface area contributed by atoms with Crippen LogP contribution in [0.2, 0.25) is 10.0 Å². The lowest BCUT2D eigenvalue weighted by Crippen LogP contribution is -2.44. The van der Waals surface area contributed by atoms with Crippen LogP contribution in [0, 0.1) is 6.92 Å². The van der Waals surface area contributed by atoms with Crippen molar-refractivity contribution in [3.8, 4) is 11.5 Å². The first kappa shape index (κ1) is 27.3. The van der Waals surface area contributed by atoms with Gasteiger partial charge in [-0.1, -0.05) is 29.3 Å². The molecule has 0 saturated heterocycles. The van der Waals surface area contributed by atoms with Crippen LogP contribution >= 0.6 is 34.5 Å². The van der Waals surface area contributed by atoms with Gasteiger partial charge in [0.25, 0.3) is 5.91 Å². The fraction of sp³-hybridized carbons (Fsp3) is 0.357. The number of carbonyl (C=O) groups excluding carboxylic acids is 2. The van der Waals surface area contributed by atoms with Crippen molar-refractivity contribution in [1.82, 2.24) is 9.80 Å². The van der Waals surface area contributed by atoms with Crippen LogP contribution in [0.15, 0.2) is 48.5 Å². The maximum absolute atomic E-state index is 13.6. The summed E-state index contributed by atoms with van der Waals surface area (Å²) in [6.45, 7) is 3.06. The van der Waals surface area contributed by atoms with E-state index >= 15 is 0 Å². The Morgan fingerprint density at radius 3 is 2.35 bits per heavy atom. The smallest absolute Gasteiger partial charge is 0.254 e. The molecule has 6 nitrogen and oxygen atoms in total. The van der Waals surface area contributed by atoms with E-state index in [-0.39, 0.29) is 24.4 Å². The summed E-state index contributed by atoms with van der Waals surface area (Å²) >= 11 is 13.9. The van der Waals surface area contributed by atoms with Crippen LogP contribution in [0.25, 0.3) is 0 Å². The second-order valence-corrected chi connectivity index (χ2v) is 11.2. The van der Waals surface area contributed by atoms with E-state index in [1.54, 1.807) is 48.7 Å². The molecule has 0 atom stereocenters. The molecule has 0 N–H and O–H groups in total. The molecular weight excluding hydrogens is 531 g/mol. The highest BCUT2D eigenvalue weighted by Crippen LogP contribution is 2.31. The number of hydrogen-bond donors (Lipinski definition) is 0. The molecule has 0 spiro atoms. The lowest BCUT2D eigenvalue weighted by molar-refractivity contribution is -0.132. The first-order chi connectivity index (χ1) is 17.8. The van der Waals surface area contributed by atoms with E-state index in [2.05, 4.69) is 19.1 Å². The summed E-state index contributed by atoms with van der Waals surface area (Å²) in [5.74, 6) is 1.01. The predicted molar refractivity (Wildman–Crippen MR) is 148 cm³/mol. The number of halogens is 2. The van der Waals surface area contributed by atoms with E-state index in [0.29, 0.717) is 46.6 Å². The van der Waals surface area contributed by atoms with Gasteiger partial charge < -0.3 is 19.3 Å². The minimum Gasteiger partial charge on any atom is -0.493 e. The maximum Gasteiger partial charge on any atom is 0.254 e. The van der Waals surface area contributed by atoms with Gasteiger partial charge in [0, 0.05) is 27.9 Å². The molecule has 2 aromatic carbocycles. The van der Waals surface area contributed by atoms with Gasteiger partial charge in [-0.05, 0) is 74.2 Å². The fourth-order valence-corrected chi connectivity index (χ4v) is 5.35. The average Bonchev–Trinajstić information content (AvgIpc) is 3.66. The van der Waals surface area contributed by atoms with E-state index in [9.17, 15) is 9.59 Å². The number of benzene rings is 2. The Kier molecular flexibility index (Phi) is 9.00. The van der Waals surface area contributed by atoms with Crippen molar-refractivity contribution >= 4 is 46.4 Å². The molecule has 2 amide bonds. The molecule has 9 heteroatoms. The van der Waals surface area contributed by atoms with Crippen LogP contribution in [-0.2, 0) is 17.8 Å². The van der Waals surface area contributed by atoms with Gasteiger partial charge in [-0.2, -0.15) is 0 Å². The summed E-state index contributed by atoms with van der Waals surface area (Å²) in [5, 5.41) is 0.707. The highest BCUT2D eigenvalue weighted by molar-refractivity contribution is 7.11. The van der Waals surface area contributed by atoms with Crippen LogP contribution in [0.4, 0.5) is 0 Å². The monoisotopic (exact) mass is 560 g/mol. The summed E-state index contributed by atoms with van der Waals surface area (Å²) < 4.78 is 10.8. The van der Waals surface area contributed by atoms with Gasteiger partial charge in [-0.15, -0.1) is 11.3 Å². The number of methoxy groups -OCH3 is 2. The molecule has 1 heterocycles. The summed E-state index contributed by atoms with van der Waals surface area (Å²) in [4.78, 5) is 32.8. The standard InChI is InChI=1S/C28H30Cl2N2O4S/c1-18-4-9-22(37-18)16-31(13-12-19-5-11-25(35-2)26(14-19)36-3)27(33)17-32(21-7-8-21)28(34)20-6-10-23(29)24(30)15-20/h4-6,9-11,14-15,21H,7-8,12-13,16-17H2,1-3H3. The molecular formula is C28H30Cl2N2O4S. The Labute approximate surface area is 231 Å². The molecule has 1 aromatic heterocycles. The van der Waals surface area contributed by atoms with Gasteiger partial charge in [0.1, 0.15) is 6.54 Å². The average molecular weight is 562 g/mol. The summed E-state index contributed by atoms with van der Waals surface area (Å²) in [6, 6.07) is 14.8. The van der Waals surface area contributed by atoms with Gasteiger partial charge >= 0.3 is 0 Å². The molecule has 1 aliphatic rings. The molecule has 0 aliphatic heterocycles. The van der Waals surface area contributed by atoms with Crippen molar-refractivity contribution < 1.29 is 19.1 Å². The molecule has 1 fully saturated rings. The lowest BCUT2D eigenvalue weighted by atomic mass is 10.1. The number of rotatable bonds is 11. The molecule has 1 saturated carbocycles. The summed E-state index contributed by atoms with van der Waals surface area (Å²) in [6.07, 6.45) is 2.41. The van der Waals surface area contributed by atoms with Gasteiger partial charge in [-0.3, -0.25) is 9.59 Å². The van der Waals surface area contributed by atoms with Crippen LogP contribution in [0.1, 0.15) is 38.5 Å². The zero-order valence-electron chi connectivity index (χ0n) is 21.1. The Morgan fingerprint density at radius 2 is 1.73 bits per heavy atom. The van der Waals surface area contributed by atoms with E-state index in [4.69, 9.17) is 32.7 Å². The third kappa shape index (κ3) is 6.98. The number of aryl methyl sites for hydroxylation is 1. The zero-order chi connectivity index (χ0) is 26.5. The molecule has 1 aliphatic carbocycles. The third-order valence-electron chi connectivity index (χ3n) is 6.33. The van der Waals surface area contributed by atoms with Gasteiger partial charge in [-0.25, -0.2) is 0 Å². The Morgan fingerprint density at radius 1 is 0.973 bits per heavy atom. The predicted octanol–water partition coefficient (Wildman–Crippen LogP) is 6.26. The molecule has 0 radical (unpaired) electrons. The molecule has 4 rings (SSSR count). The van der Waals surface area contributed by atoms with Crippen molar-refractivity contribution in [2.75, 3.05) is 27.3 Å². The SMILES string of the molecule is COc1ccc(CCN(Cc2ccc(C)s2)C(=O)CN(C(=O)c2ccc(Cl)c(Cl)c2)C2CC2)cc1OC. The van der Waals surface area contributed by atoms with Crippen molar-refractivity contribution in [2.24, 2.45) is 0 Å². The van der Waals surface area contributed by atoms with Crippen LogP contribution in [0.5, 0.6) is 11.5 Å². The minimum absolute atomic E-state index is 0.0139. The summed E-state index contributed by atoms with van der Waals surface area (Å²) in [5.41, 5.74) is 1.46. The minimum atomic E-state index is -0.207. The Hall–Kier alpha value is -2.74. The van der Waals surface area contributed by atoms with Crippen molar-refractivity contribution in [3.63, 3.8) is 0 Å². The number of nitrogens with zero attached hydrogens (tertiary/aromatic N) is 2. The van der Waals surface area contributed by atoms with E-state index < -0.39 is 0 Å². The molecule has 37 heavy (non-hydrogen) atoms. The first-order valence-corrected chi connectivity index (χ1v) is 13.7. The van der Waals surface area contributed by atoms with Gasteiger partial charge in [0.05, 0.1) is 30.8 Å². The second kappa shape index (κ2) is 12.2. The highest BCUT2D eigenvalue weighted by Gasteiger charge is 2.35. The van der Waals surface area contributed by atoms with Gasteiger partial charge in [0.2, 0.25) is 5.91 Å². The zero-order valence-corrected chi connectivity index (χ0v) is 23.5. The third-order valence-corrected chi connectivity index (χ3v) is 8.06. The summed E-state index contributed by atoms with van der Waals surface area (Å²) in [7, 11) is 3.21. The van der Waals surface area contributed by atoms with Crippen molar-refractivity contribution in [1.29, 1.82) is 0 Å². The molecule has 3 aromatic rings. The maximum atomic E-state index is 13.6.